The fraction of sp³-hybridized carbons (Fsp3) is 0.200. The number of nitrogens with one attached hydrogen (secondary N) is 1. The molecule has 0 unspecified atom stereocenters. The summed E-state index contributed by atoms with van der Waals surface area (Å²) in [6.45, 7) is 0. The van der Waals surface area contributed by atoms with E-state index in [9.17, 15) is 5.11 Å². The third-order valence-electron chi connectivity index (χ3n) is 1.93. The van der Waals surface area contributed by atoms with Crippen molar-refractivity contribution in [3.8, 4) is 17.2 Å². The largest absolute Gasteiger partial charge is 0.502 e. The molecular formula is C10H15N4O3+. The van der Waals surface area contributed by atoms with E-state index in [0.29, 0.717) is 17.1 Å². The molecule has 0 aliphatic heterocycles. The molecule has 1 rings (SSSR count). The Morgan fingerprint density at radius 3 is 2.24 bits per heavy atom. The maximum atomic E-state index is 9.68. The fourth-order valence-electron chi connectivity index (χ4n) is 1.18. The van der Waals surface area contributed by atoms with Gasteiger partial charge in [0, 0.05) is 10.7 Å². The number of rotatable bonds is 4. The van der Waals surface area contributed by atoms with E-state index in [4.69, 9.17) is 20.9 Å². The molecule has 0 atom stereocenters. The second-order valence-corrected chi connectivity index (χ2v) is 3.08. The van der Waals surface area contributed by atoms with Crippen molar-refractivity contribution in [2.24, 2.45) is 16.6 Å². The predicted octanol–water partition coefficient (Wildman–Crippen LogP) is -1.90. The second kappa shape index (κ2) is 5.59. The normalized spacial score (nSPS) is 10.2. The summed E-state index contributed by atoms with van der Waals surface area (Å²) in [4.78, 5) is 0. The number of nitrogens with two attached hydrogens (primary N) is 2. The van der Waals surface area contributed by atoms with E-state index in [1.165, 1.54) is 20.4 Å². The lowest BCUT2D eigenvalue weighted by Gasteiger charge is -2.08. The first kappa shape index (κ1) is 12.6. The van der Waals surface area contributed by atoms with Crippen LogP contribution in [0.25, 0.3) is 0 Å². The zero-order valence-corrected chi connectivity index (χ0v) is 9.60. The van der Waals surface area contributed by atoms with E-state index in [0.717, 1.165) is 0 Å². The quantitative estimate of drug-likeness (QED) is 0.278. The van der Waals surface area contributed by atoms with Gasteiger partial charge >= 0.3 is 0 Å². The number of ether oxygens (including phenoxy) is 2. The molecule has 1 aromatic rings. The highest BCUT2D eigenvalue weighted by atomic mass is 16.5. The van der Waals surface area contributed by atoms with Gasteiger partial charge in [-0.3, -0.25) is 0 Å². The first-order valence-corrected chi connectivity index (χ1v) is 4.70. The van der Waals surface area contributed by atoms with Crippen molar-refractivity contribution in [1.29, 1.82) is 0 Å². The van der Waals surface area contributed by atoms with E-state index in [1.807, 2.05) is 0 Å². The molecule has 6 N–H and O–H groups in total. The van der Waals surface area contributed by atoms with E-state index >= 15 is 0 Å². The van der Waals surface area contributed by atoms with Gasteiger partial charge in [0.1, 0.15) is 0 Å². The highest BCUT2D eigenvalue weighted by molar-refractivity contribution is 5.79. The van der Waals surface area contributed by atoms with Crippen molar-refractivity contribution < 1.29 is 19.7 Å². The van der Waals surface area contributed by atoms with Crippen molar-refractivity contribution >= 4 is 12.2 Å². The van der Waals surface area contributed by atoms with Crippen molar-refractivity contribution in [2.45, 2.75) is 0 Å². The molecule has 7 nitrogen and oxygen atoms in total. The molecule has 0 amide bonds. The van der Waals surface area contributed by atoms with E-state index < -0.39 is 0 Å². The molecule has 17 heavy (non-hydrogen) atoms. The highest BCUT2D eigenvalue weighted by Gasteiger charge is 2.11. The molecule has 0 saturated heterocycles. The van der Waals surface area contributed by atoms with Crippen LogP contribution in [0.3, 0.4) is 0 Å². The Balaban J connectivity index is 3.09. The molecule has 0 saturated carbocycles. The summed E-state index contributed by atoms with van der Waals surface area (Å²) in [7, 11) is 2.89. The first-order chi connectivity index (χ1) is 8.08. The average molecular weight is 239 g/mol. The highest BCUT2D eigenvalue weighted by Crippen LogP contribution is 2.36. The fourth-order valence-corrected chi connectivity index (χ4v) is 1.18. The Hall–Kier alpha value is -2.44. The van der Waals surface area contributed by atoms with Gasteiger partial charge in [0.05, 0.1) is 14.2 Å². The van der Waals surface area contributed by atoms with Crippen LogP contribution >= 0.6 is 0 Å². The Bertz CT molecular complexity index is 428. The van der Waals surface area contributed by atoms with Gasteiger partial charge in [-0.15, -0.1) is 5.10 Å². The molecule has 0 aliphatic carbocycles. The smallest absolute Gasteiger partial charge is 0.256 e. The van der Waals surface area contributed by atoms with Crippen molar-refractivity contribution in [3.05, 3.63) is 17.7 Å². The maximum Gasteiger partial charge on any atom is 0.256 e. The zero-order chi connectivity index (χ0) is 12.8. The summed E-state index contributed by atoms with van der Waals surface area (Å²) in [6.07, 6.45) is 1.53. The van der Waals surface area contributed by atoms with Crippen LogP contribution in [-0.4, -0.2) is 31.5 Å². The second-order valence-electron chi connectivity index (χ2n) is 3.08. The number of nitrogens with zero attached hydrogens (tertiary/aromatic N) is 1. The number of aromatic hydroxyl groups is 1. The van der Waals surface area contributed by atoms with Crippen LogP contribution in [0.1, 0.15) is 5.56 Å². The number of guanidine groups is 1. The van der Waals surface area contributed by atoms with Gasteiger partial charge in [-0.05, 0) is 12.1 Å². The monoisotopic (exact) mass is 239 g/mol. The number of hydrogen-bond acceptors (Lipinski definition) is 4. The molecule has 0 fully saturated rings. The van der Waals surface area contributed by atoms with Crippen LogP contribution in [0.2, 0.25) is 0 Å². The van der Waals surface area contributed by atoms with Crippen molar-refractivity contribution in [1.82, 2.24) is 0 Å². The van der Waals surface area contributed by atoms with E-state index in [1.54, 1.807) is 12.1 Å². The summed E-state index contributed by atoms with van der Waals surface area (Å²) in [5.41, 5.74) is 11.0. The van der Waals surface area contributed by atoms with Gasteiger partial charge in [0.25, 0.3) is 5.96 Å². The summed E-state index contributed by atoms with van der Waals surface area (Å²) in [5.74, 6) is 0.442. The lowest BCUT2D eigenvalue weighted by Crippen LogP contribution is -2.63. The maximum absolute atomic E-state index is 9.68. The number of methoxy groups -OCH3 is 2. The zero-order valence-electron chi connectivity index (χ0n) is 9.60. The number of benzene rings is 1. The topological polar surface area (TPSA) is 117 Å². The number of hydrogen-bond donors (Lipinski definition) is 4. The minimum atomic E-state index is -0.0843. The molecule has 92 valence electrons. The Morgan fingerprint density at radius 1 is 1.29 bits per heavy atom. The third kappa shape index (κ3) is 3.26. The predicted molar refractivity (Wildman–Crippen MR) is 63.1 cm³/mol. The average Bonchev–Trinajstić information content (AvgIpc) is 2.30. The number of hydrazone groups is 1. The van der Waals surface area contributed by atoms with Gasteiger partial charge < -0.3 is 26.0 Å². The number of phenolic OH excluding ortho intramolecular Hbond substituents is 1. The lowest BCUT2D eigenvalue weighted by atomic mass is 10.2. The van der Waals surface area contributed by atoms with Gasteiger partial charge in [0.2, 0.25) is 12.0 Å². The van der Waals surface area contributed by atoms with Gasteiger partial charge in [0.15, 0.2) is 11.5 Å². The molecular weight excluding hydrogens is 224 g/mol. The minimum Gasteiger partial charge on any atom is -0.502 e. The minimum absolute atomic E-state index is 0.0611. The Kier molecular flexibility index (Phi) is 4.15. The molecule has 0 heterocycles. The lowest BCUT2D eigenvalue weighted by molar-refractivity contribution is -0.456. The molecule has 0 spiro atoms. The molecule has 0 radical (unpaired) electrons. The third-order valence-corrected chi connectivity index (χ3v) is 1.93. The van der Waals surface area contributed by atoms with Crippen LogP contribution in [0.4, 0.5) is 0 Å². The summed E-state index contributed by atoms with van der Waals surface area (Å²) in [5, 5.41) is 15.8. The van der Waals surface area contributed by atoms with Crippen LogP contribution < -0.4 is 26.0 Å². The van der Waals surface area contributed by atoms with Crippen molar-refractivity contribution in [3.63, 3.8) is 0 Å². The summed E-state index contributed by atoms with van der Waals surface area (Å²) in [6, 6.07) is 3.21. The Labute approximate surface area is 98.4 Å². The van der Waals surface area contributed by atoms with Gasteiger partial charge in [-0.1, -0.05) is 0 Å². The molecule has 7 heteroatoms. The molecule has 0 aromatic heterocycles. The Morgan fingerprint density at radius 2 is 1.82 bits per heavy atom. The summed E-state index contributed by atoms with van der Waals surface area (Å²) < 4.78 is 9.99. The SMILES string of the molecule is COc1cc(/C=[NH+]/N=C(N)N)cc(OC)c1O. The summed E-state index contributed by atoms with van der Waals surface area (Å²) >= 11 is 0. The van der Waals surface area contributed by atoms with E-state index in [-0.39, 0.29) is 11.7 Å². The van der Waals surface area contributed by atoms with Crippen LogP contribution in [0.15, 0.2) is 17.2 Å². The molecule has 0 bridgehead atoms. The van der Waals surface area contributed by atoms with E-state index in [2.05, 4.69) is 10.2 Å². The van der Waals surface area contributed by atoms with Gasteiger partial charge in [-0.2, -0.15) is 0 Å². The molecule has 1 aromatic carbocycles. The van der Waals surface area contributed by atoms with Crippen LogP contribution in [-0.2, 0) is 0 Å². The first-order valence-electron chi connectivity index (χ1n) is 4.70. The van der Waals surface area contributed by atoms with Gasteiger partial charge in [-0.25, -0.2) is 0 Å². The molecule has 0 aliphatic rings. The number of phenols is 1. The van der Waals surface area contributed by atoms with Crippen LogP contribution in [0, 0.1) is 0 Å². The standard InChI is InChI=1S/C10H14N4O3/c1-16-7-3-6(5-13-14-10(11)12)4-8(17-2)9(7)15/h3-5,15H,1-2H3,(H4,11,12,14)/p+1/b13-5+. The van der Waals surface area contributed by atoms with Crippen LogP contribution in [0.5, 0.6) is 17.2 Å². The van der Waals surface area contributed by atoms with Crippen molar-refractivity contribution in [2.75, 3.05) is 14.2 Å².